The molecule has 1 unspecified atom stereocenters. The van der Waals surface area contributed by atoms with Crippen molar-refractivity contribution in [3.05, 3.63) is 101 Å². The van der Waals surface area contributed by atoms with Crippen molar-refractivity contribution in [2.75, 3.05) is 6.54 Å². The van der Waals surface area contributed by atoms with E-state index in [-0.39, 0.29) is 15.9 Å². The summed E-state index contributed by atoms with van der Waals surface area (Å²) in [5.41, 5.74) is 3.16. The third-order valence-corrected chi connectivity index (χ3v) is 7.33. The maximum absolute atomic E-state index is 12.8. The van der Waals surface area contributed by atoms with E-state index in [9.17, 15) is 8.42 Å². The van der Waals surface area contributed by atoms with Crippen molar-refractivity contribution in [2.24, 2.45) is 5.10 Å². The molecule has 4 rings (SSSR count). The highest BCUT2D eigenvalue weighted by Crippen LogP contribution is 2.30. The van der Waals surface area contributed by atoms with Gasteiger partial charge in [-0.1, -0.05) is 54.1 Å². The summed E-state index contributed by atoms with van der Waals surface area (Å²) in [4.78, 5) is 0.0184. The summed E-state index contributed by atoms with van der Waals surface area (Å²) in [5, 5.41) is 15.8. The van der Waals surface area contributed by atoms with E-state index in [1.54, 1.807) is 12.1 Å². The lowest BCUT2D eigenvalue weighted by molar-refractivity contribution is 0.402. The highest BCUT2D eigenvalue weighted by molar-refractivity contribution is 7.91. The van der Waals surface area contributed by atoms with Crippen molar-refractivity contribution in [1.29, 1.82) is 5.26 Å². The Morgan fingerprint density at radius 3 is 2.36 bits per heavy atom. The lowest BCUT2D eigenvalue weighted by atomic mass is 9.86. The highest BCUT2D eigenvalue weighted by Gasteiger charge is 2.29. The van der Waals surface area contributed by atoms with Gasteiger partial charge in [-0.25, -0.2) is 13.4 Å². The summed E-state index contributed by atoms with van der Waals surface area (Å²) in [5.74, 6) is 0.0292. The number of rotatable bonds is 4. The Hall–Kier alpha value is -3.25. The summed E-state index contributed by atoms with van der Waals surface area (Å²) in [6.07, 6.45) is 0.699. The molecule has 33 heavy (non-hydrogen) atoms. The Labute approximate surface area is 203 Å². The van der Waals surface area contributed by atoms with Crippen LogP contribution in [0.25, 0.3) is 0 Å². The van der Waals surface area contributed by atoms with E-state index in [1.807, 2.05) is 36.4 Å². The zero-order valence-corrected chi connectivity index (χ0v) is 19.7. The zero-order valence-electron chi connectivity index (χ0n) is 17.3. The number of sulfonamides is 1. The van der Waals surface area contributed by atoms with Gasteiger partial charge in [0.05, 0.1) is 22.2 Å². The van der Waals surface area contributed by atoms with Crippen molar-refractivity contribution in [2.45, 2.75) is 17.2 Å². The molecule has 6 nitrogen and oxygen atoms in total. The zero-order chi connectivity index (χ0) is 23.4. The van der Waals surface area contributed by atoms with Crippen molar-refractivity contribution < 1.29 is 8.42 Å². The molecular formula is C24H19ClN4O2S2. The van der Waals surface area contributed by atoms with Crippen LogP contribution >= 0.6 is 23.8 Å². The van der Waals surface area contributed by atoms with E-state index in [0.29, 0.717) is 23.6 Å². The Morgan fingerprint density at radius 2 is 1.73 bits per heavy atom. The largest absolute Gasteiger partial charge is 0.263 e. The van der Waals surface area contributed by atoms with Gasteiger partial charge in [-0.2, -0.15) is 10.4 Å². The summed E-state index contributed by atoms with van der Waals surface area (Å²) < 4.78 is 28.0. The number of hydrogen-bond acceptors (Lipinski definition) is 5. The first-order chi connectivity index (χ1) is 15.9. The molecule has 0 saturated heterocycles. The average molecular weight is 495 g/mol. The van der Waals surface area contributed by atoms with Gasteiger partial charge in [0.2, 0.25) is 5.11 Å². The maximum atomic E-state index is 12.8. The summed E-state index contributed by atoms with van der Waals surface area (Å²) in [6.45, 7) is 0.450. The maximum Gasteiger partial charge on any atom is 0.263 e. The molecule has 0 saturated carbocycles. The standard InChI is InChI=1S/C24H19ClN4O2S2/c25-20-10-8-19(9-11-20)23-22(18-4-2-1-3-5-18)14-15-29(27-23)24(32)28-33(30,31)21-12-6-17(16-26)7-13-21/h1-13,22H,14-15H2,(H,28,32). The summed E-state index contributed by atoms with van der Waals surface area (Å²) >= 11 is 11.5. The van der Waals surface area contributed by atoms with Crippen LogP contribution in [0.15, 0.2) is 88.9 Å². The van der Waals surface area contributed by atoms with Crippen LogP contribution in [-0.2, 0) is 10.0 Å². The van der Waals surface area contributed by atoms with Crippen molar-refractivity contribution in [1.82, 2.24) is 9.73 Å². The fourth-order valence-electron chi connectivity index (χ4n) is 3.61. The molecular weight excluding hydrogens is 476 g/mol. The van der Waals surface area contributed by atoms with Crippen LogP contribution in [-0.4, -0.2) is 30.8 Å². The molecule has 0 bridgehead atoms. The fraction of sp³-hybridized carbons (Fsp3) is 0.125. The second-order valence-electron chi connectivity index (χ2n) is 7.41. The number of benzene rings is 3. The molecule has 9 heteroatoms. The van der Waals surface area contributed by atoms with Gasteiger partial charge in [0.25, 0.3) is 10.0 Å². The van der Waals surface area contributed by atoms with Gasteiger partial charge >= 0.3 is 0 Å². The molecule has 0 radical (unpaired) electrons. The first-order valence-corrected chi connectivity index (χ1v) is 12.4. The van der Waals surface area contributed by atoms with E-state index < -0.39 is 10.0 Å². The second kappa shape index (κ2) is 9.71. The van der Waals surface area contributed by atoms with E-state index in [4.69, 9.17) is 34.2 Å². The van der Waals surface area contributed by atoms with Gasteiger partial charge in [0.15, 0.2) is 0 Å². The van der Waals surface area contributed by atoms with Gasteiger partial charge in [0.1, 0.15) is 0 Å². The highest BCUT2D eigenvalue weighted by atomic mass is 35.5. The van der Waals surface area contributed by atoms with Gasteiger partial charge in [-0.15, -0.1) is 0 Å². The van der Waals surface area contributed by atoms with Gasteiger partial charge in [0, 0.05) is 17.5 Å². The van der Waals surface area contributed by atoms with Crippen LogP contribution in [0.2, 0.25) is 5.02 Å². The van der Waals surface area contributed by atoms with E-state index in [1.165, 1.54) is 29.3 Å². The van der Waals surface area contributed by atoms with Crippen LogP contribution in [0.1, 0.15) is 29.0 Å². The molecule has 0 aliphatic carbocycles. The third kappa shape index (κ3) is 5.22. The quantitative estimate of drug-likeness (QED) is 0.533. The first-order valence-electron chi connectivity index (χ1n) is 10.1. The predicted molar refractivity (Wildman–Crippen MR) is 133 cm³/mol. The molecule has 3 aromatic rings. The molecule has 166 valence electrons. The molecule has 1 aliphatic rings. The third-order valence-electron chi connectivity index (χ3n) is 5.28. The van der Waals surface area contributed by atoms with Gasteiger partial charge < -0.3 is 0 Å². The van der Waals surface area contributed by atoms with Gasteiger partial charge in [-0.05, 0) is 66.2 Å². The summed E-state index contributed by atoms with van der Waals surface area (Å²) in [7, 11) is -3.92. The molecule has 0 spiro atoms. The monoisotopic (exact) mass is 494 g/mol. The number of halogens is 1. The van der Waals surface area contributed by atoms with Crippen molar-refractivity contribution in [3.8, 4) is 6.07 Å². The smallest absolute Gasteiger partial charge is 0.254 e. The van der Waals surface area contributed by atoms with Crippen molar-refractivity contribution >= 4 is 44.7 Å². The number of nitriles is 1. The Morgan fingerprint density at radius 1 is 1.06 bits per heavy atom. The Balaban J connectivity index is 1.63. The topological polar surface area (TPSA) is 85.6 Å². The Kier molecular flexibility index (Phi) is 6.75. The molecule has 0 aromatic heterocycles. The predicted octanol–water partition coefficient (Wildman–Crippen LogP) is 4.67. The summed E-state index contributed by atoms with van der Waals surface area (Å²) in [6, 6.07) is 25.0. The van der Waals surface area contributed by atoms with Crippen molar-refractivity contribution in [3.63, 3.8) is 0 Å². The number of nitrogens with zero attached hydrogens (tertiary/aromatic N) is 3. The lowest BCUT2D eigenvalue weighted by Gasteiger charge is -2.31. The minimum atomic E-state index is -3.92. The minimum absolute atomic E-state index is 0.0164. The first kappa shape index (κ1) is 22.9. The van der Waals surface area contributed by atoms with E-state index in [2.05, 4.69) is 16.9 Å². The molecule has 0 amide bonds. The van der Waals surface area contributed by atoms with Crippen LogP contribution in [0.3, 0.4) is 0 Å². The molecule has 0 fully saturated rings. The van der Waals surface area contributed by atoms with Crippen LogP contribution in [0, 0.1) is 11.3 Å². The normalized spacial score (nSPS) is 15.9. The molecule has 1 aliphatic heterocycles. The Bertz CT molecular complexity index is 1330. The number of nitrogens with one attached hydrogen (secondary N) is 1. The lowest BCUT2D eigenvalue weighted by Crippen LogP contribution is -2.43. The fourth-order valence-corrected chi connectivity index (χ4v) is 5.14. The molecule has 1 N–H and O–H groups in total. The number of thiocarbonyl (C=S) groups is 1. The minimum Gasteiger partial charge on any atom is -0.254 e. The second-order valence-corrected chi connectivity index (χ2v) is 9.92. The molecule has 1 heterocycles. The van der Waals surface area contributed by atoms with E-state index >= 15 is 0 Å². The number of hydrazone groups is 1. The van der Waals surface area contributed by atoms with Crippen LogP contribution in [0.4, 0.5) is 0 Å². The molecule has 3 aromatic carbocycles. The van der Waals surface area contributed by atoms with Crippen LogP contribution in [0.5, 0.6) is 0 Å². The van der Waals surface area contributed by atoms with Crippen LogP contribution < -0.4 is 4.72 Å². The van der Waals surface area contributed by atoms with E-state index in [0.717, 1.165) is 16.8 Å². The SMILES string of the molecule is N#Cc1ccc(S(=O)(=O)NC(=S)N2CCC(c3ccccc3)C(c3ccc(Cl)cc3)=N2)cc1. The average Bonchev–Trinajstić information content (AvgIpc) is 2.84. The number of hydrogen-bond donors (Lipinski definition) is 1. The van der Waals surface area contributed by atoms with Gasteiger partial charge in [-0.3, -0.25) is 4.72 Å². The molecule has 1 atom stereocenters.